The number of rotatable bonds is 6. The Morgan fingerprint density at radius 1 is 1.59 bits per heavy atom. The summed E-state index contributed by atoms with van der Waals surface area (Å²) >= 11 is 0. The summed E-state index contributed by atoms with van der Waals surface area (Å²) in [5, 5.41) is 3.00. The molecule has 1 rings (SSSR count). The quantitative estimate of drug-likeness (QED) is 0.761. The maximum Gasteiger partial charge on any atom is 0.317 e. The van der Waals surface area contributed by atoms with Crippen LogP contribution in [0, 0.1) is 5.92 Å². The molecule has 1 aliphatic rings. The summed E-state index contributed by atoms with van der Waals surface area (Å²) in [5.74, 6) is 0.456. The molecule has 0 aromatic rings. The number of carbonyl (C=O) groups excluding carboxylic acids is 1. The fourth-order valence-electron chi connectivity index (χ4n) is 1.83. The molecule has 0 spiro atoms. The van der Waals surface area contributed by atoms with Crippen molar-refractivity contribution in [3.8, 4) is 0 Å². The van der Waals surface area contributed by atoms with E-state index in [1.54, 1.807) is 7.11 Å². The number of urea groups is 1. The van der Waals surface area contributed by atoms with E-state index < -0.39 is 0 Å². The predicted octanol–water partition coefficient (Wildman–Crippen LogP) is 1.09. The Labute approximate surface area is 103 Å². The van der Waals surface area contributed by atoms with Gasteiger partial charge in [-0.25, -0.2) is 4.79 Å². The number of hydrogen-bond donors (Lipinski definition) is 1. The van der Waals surface area contributed by atoms with Crippen LogP contribution in [-0.4, -0.2) is 57.0 Å². The van der Waals surface area contributed by atoms with E-state index in [-0.39, 0.29) is 12.1 Å². The molecular weight excluding hydrogens is 220 g/mol. The molecular formula is C12H24N2O3. The maximum atomic E-state index is 12.0. The van der Waals surface area contributed by atoms with Gasteiger partial charge in [0.2, 0.25) is 0 Å². The summed E-state index contributed by atoms with van der Waals surface area (Å²) in [4.78, 5) is 13.9. The number of methoxy groups -OCH3 is 1. The van der Waals surface area contributed by atoms with Gasteiger partial charge in [0.15, 0.2) is 0 Å². The van der Waals surface area contributed by atoms with Crippen LogP contribution in [-0.2, 0) is 9.47 Å². The van der Waals surface area contributed by atoms with Gasteiger partial charge in [0.1, 0.15) is 0 Å². The Hall–Kier alpha value is -0.810. The minimum atomic E-state index is -0.00810. The van der Waals surface area contributed by atoms with Crippen molar-refractivity contribution in [1.82, 2.24) is 10.2 Å². The average molecular weight is 244 g/mol. The van der Waals surface area contributed by atoms with Crippen LogP contribution in [0.25, 0.3) is 0 Å². The number of amides is 2. The van der Waals surface area contributed by atoms with E-state index in [0.717, 1.165) is 19.6 Å². The van der Waals surface area contributed by atoms with E-state index in [1.807, 2.05) is 4.90 Å². The largest absolute Gasteiger partial charge is 0.383 e. The number of carbonyl (C=O) groups is 1. The summed E-state index contributed by atoms with van der Waals surface area (Å²) in [6.07, 6.45) is 0.908. The van der Waals surface area contributed by atoms with Crippen LogP contribution in [0.3, 0.4) is 0 Å². The van der Waals surface area contributed by atoms with Crippen molar-refractivity contribution in [2.24, 2.45) is 5.92 Å². The summed E-state index contributed by atoms with van der Waals surface area (Å²) in [6.45, 7) is 7.54. The molecule has 0 aliphatic carbocycles. The van der Waals surface area contributed by atoms with Crippen LogP contribution < -0.4 is 5.32 Å². The highest BCUT2D eigenvalue weighted by atomic mass is 16.5. The van der Waals surface area contributed by atoms with Crippen molar-refractivity contribution in [1.29, 1.82) is 0 Å². The third-order valence-electron chi connectivity index (χ3n) is 2.70. The Morgan fingerprint density at radius 3 is 2.88 bits per heavy atom. The van der Waals surface area contributed by atoms with Crippen LogP contribution in [0.1, 0.15) is 20.3 Å². The van der Waals surface area contributed by atoms with E-state index in [0.29, 0.717) is 25.7 Å². The standard InChI is InChI=1S/C12H24N2O3/c1-10(2)8-14(5-7-16-3)12(15)13-11-4-6-17-9-11/h10-11H,4-9H2,1-3H3,(H,13,15). The zero-order valence-electron chi connectivity index (χ0n) is 11.1. The lowest BCUT2D eigenvalue weighted by atomic mass is 10.2. The highest BCUT2D eigenvalue weighted by Gasteiger charge is 2.21. The molecule has 1 saturated heterocycles. The third-order valence-corrected chi connectivity index (χ3v) is 2.70. The minimum Gasteiger partial charge on any atom is -0.383 e. The van der Waals surface area contributed by atoms with Gasteiger partial charge in [-0.1, -0.05) is 13.8 Å². The first-order valence-corrected chi connectivity index (χ1v) is 6.25. The molecule has 1 aliphatic heterocycles. The highest BCUT2D eigenvalue weighted by molar-refractivity contribution is 5.74. The van der Waals surface area contributed by atoms with Gasteiger partial charge in [-0.2, -0.15) is 0 Å². The number of ether oxygens (including phenoxy) is 2. The van der Waals surface area contributed by atoms with Crippen molar-refractivity contribution < 1.29 is 14.3 Å². The van der Waals surface area contributed by atoms with Gasteiger partial charge < -0.3 is 19.7 Å². The van der Waals surface area contributed by atoms with E-state index in [4.69, 9.17) is 9.47 Å². The van der Waals surface area contributed by atoms with E-state index in [1.165, 1.54) is 0 Å². The average Bonchev–Trinajstić information content (AvgIpc) is 2.76. The first-order chi connectivity index (χ1) is 8.13. The van der Waals surface area contributed by atoms with Gasteiger partial charge in [-0.05, 0) is 12.3 Å². The molecule has 5 heteroatoms. The Balaban J connectivity index is 2.39. The fourth-order valence-corrected chi connectivity index (χ4v) is 1.83. The van der Waals surface area contributed by atoms with Crippen LogP contribution in [0.5, 0.6) is 0 Å². The number of hydrogen-bond acceptors (Lipinski definition) is 3. The molecule has 0 aromatic carbocycles. The molecule has 0 bridgehead atoms. The van der Waals surface area contributed by atoms with Crippen molar-refractivity contribution in [2.75, 3.05) is 40.0 Å². The topological polar surface area (TPSA) is 50.8 Å². The normalized spacial score (nSPS) is 19.6. The lowest BCUT2D eigenvalue weighted by molar-refractivity contribution is 0.140. The van der Waals surface area contributed by atoms with Crippen molar-refractivity contribution >= 4 is 6.03 Å². The van der Waals surface area contributed by atoms with Gasteiger partial charge >= 0.3 is 6.03 Å². The Bertz CT molecular complexity index is 228. The molecule has 1 unspecified atom stereocenters. The zero-order chi connectivity index (χ0) is 12.7. The van der Waals surface area contributed by atoms with E-state index in [9.17, 15) is 4.79 Å². The third kappa shape index (κ3) is 5.37. The molecule has 1 N–H and O–H groups in total. The number of nitrogens with one attached hydrogen (secondary N) is 1. The molecule has 100 valence electrons. The van der Waals surface area contributed by atoms with Gasteiger partial charge in [-0.3, -0.25) is 0 Å². The van der Waals surface area contributed by atoms with Gasteiger partial charge in [0.25, 0.3) is 0 Å². The van der Waals surface area contributed by atoms with Crippen LogP contribution in [0.15, 0.2) is 0 Å². The fraction of sp³-hybridized carbons (Fsp3) is 0.917. The first kappa shape index (κ1) is 14.3. The van der Waals surface area contributed by atoms with E-state index >= 15 is 0 Å². The summed E-state index contributed by atoms with van der Waals surface area (Å²) < 4.78 is 10.3. The lowest BCUT2D eigenvalue weighted by Gasteiger charge is -2.26. The molecule has 0 saturated carbocycles. The van der Waals surface area contributed by atoms with Crippen molar-refractivity contribution in [2.45, 2.75) is 26.3 Å². The lowest BCUT2D eigenvalue weighted by Crippen LogP contribution is -2.47. The van der Waals surface area contributed by atoms with Gasteiger partial charge in [-0.15, -0.1) is 0 Å². The molecule has 1 heterocycles. The number of nitrogens with zero attached hydrogens (tertiary/aromatic N) is 1. The monoisotopic (exact) mass is 244 g/mol. The SMILES string of the molecule is COCCN(CC(C)C)C(=O)NC1CCOC1. The smallest absolute Gasteiger partial charge is 0.317 e. The maximum absolute atomic E-state index is 12.0. The minimum absolute atomic E-state index is 0.00810. The molecule has 0 radical (unpaired) electrons. The molecule has 1 fully saturated rings. The highest BCUT2D eigenvalue weighted by Crippen LogP contribution is 2.05. The summed E-state index contributed by atoms with van der Waals surface area (Å²) in [6, 6.07) is 0.158. The van der Waals surface area contributed by atoms with E-state index in [2.05, 4.69) is 19.2 Å². The molecule has 1 atom stereocenters. The first-order valence-electron chi connectivity index (χ1n) is 6.25. The molecule has 17 heavy (non-hydrogen) atoms. The van der Waals surface area contributed by atoms with Crippen LogP contribution in [0.2, 0.25) is 0 Å². The van der Waals surface area contributed by atoms with Crippen LogP contribution in [0.4, 0.5) is 4.79 Å². The van der Waals surface area contributed by atoms with Gasteiger partial charge in [0.05, 0.1) is 19.3 Å². The Morgan fingerprint density at radius 2 is 2.35 bits per heavy atom. The van der Waals surface area contributed by atoms with Crippen LogP contribution >= 0.6 is 0 Å². The van der Waals surface area contributed by atoms with Gasteiger partial charge in [0, 0.05) is 26.8 Å². The second-order valence-electron chi connectivity index (χ2n) is 4.84. The predicted molar refractivity (Wildman–Crippen MR) is 66.0 cm³/mol. The molecule has 0 aromatic heterocycles. The summed E-state index contributed by atoms with van der Waals surface area (Å²) in [7, 11) is 1.65. The Kier molecular flexibility index (Phi) is 6.29. The molecule has 2 amide bonds. The second kappa shape index (κ2) is 7.50. The zero-order valence-corrected chi connectivity index (χ0v) is 11.1. The summed E-state index contributed by atoms with van der Waals surface area (Å²) in [5.41, 5.74) is 0. The second-order valence-corrected chi connectivity index (χ2v) is 4.84. The van der Waals surface area contributed by atoms with Crippen molar-refractivity contribution in [3.63, 3.8) is 0 Å². The molecule has 5 nitrogen and oxygen atoms in total. The van der Waals surface area contributed by atoms with Crippen molar-refractivity contribution in [3.05, 3.63) is 0 Å².